The van der Waals surface area contributed by atoms with Crippen LogP contribution in [0.15, 0.2) is 0 Å². The fraction of sp³-hybridized carbons (Fsp3) is 0.750. The number of anilines is 2. The Bertz CT molecular complexity index is 458. The van der Waals surface area contributed by atoms with Crippen LogP contribution in [0.4, 0.5) is 11.5 Å². The van der Waals surface area contributed by atoms with E-state index in [1.165, 1.54) is 12.8 Å². The molecule has 0 radical (unpaired) electrons. The molecule has 0 aliphatic heterocycles. The highest BCUT2D eigenvalue weighted by molar-refractivity contribution is 5.67. The van der Waals surface area contributed by atoms with E-state index in [0.29, 0.717) is 36.4 Å². The van der Waals surface area contributed by atoms with Gasteiger partial charge < -0.3 is 20.5 Å². The van der Waals surface area contributed by atoms with Crippen molar-refractivity contribution in [1.82, 2.24) is 9.97 Å². The minimum atomic E-state index is -0.174. The summed E-state index contributed by atoms with van der Waals surface area (Å²) in [6, 6.07) is 0. The Hall–Kier alpha value is -1.56. The van der Waals surface area contributed by atoms with Crippen molar-refractivity contribution < 1.29 is 9.47 Å². The SMILES string of the molecule is CCCCCNc1nc(C(C)(C)C)nc(OCCOC)c1N. The first-order valence-corrected chi connectivity index (χ1v) is 7.93. The summed E-state index contributed by atoms with van der Waals surface area (Å²) in [5.74, 6) is 1.80. The third-order valence-electron chi connectivity index (χ3n) is 3.18. The average Bonchev–Trinajstić information content (AvgIpc) is 2.45. The zero-order valence-electron chi connectivity index (χ0n) is 14.5. The topological polar surface area (TPSA) is 82.3 Å². The van der Waals surface area contributed by atoms with Gasteiger partial charge in [-0.25, -0.2) is 4.98 Å². The standard InChI is InChI=1S/C16H30N4O2/c1-6-7-8-9-18-13-12(17)14(22-11-10-21-5)20-15(19-13)16(2,3)4/h6-11,17H2,1-5H3,(H,18,19,20). The number of aromatic nitrogens is 2. The molecule has 0 unspecified atom stereocenters. The second-order valence-electron chi connectivity index (χ2n) is 6.34. The van der Waals surface area contributed by atoms with Gasteiger partial charge in [-0.05, 0) is 6.42 Å². The number of hydrogen-bond acceptors (Lipinski definition) is 6. The van der Waals surface area contributed by atoms with E-state index in [1.54, 1.807) is 7.11 Å². The van der Waals surface area contributed by atoms with Crippen LogP contribution >= 0.6 is 0 Å². The minimum absolute atomic E-state index is 0.174. The number of unbranched alkanes of at least 4 members (excludes halogenated alkanes) is 2. The molecule has 6 nitrogen and oxygen atoms in total. The van der Waals surface area contributed by atoms with Crippen LogP contribution in [0.5, 0.6) is 5.88 Å². The highest BCUT2D eigenvalue weighted by Gasteiger charge is 2.22. The summed E-state index contributed by atoms with van der Waals surface area (Å²) in [6.45, 7) is 10.1. The van der Waals surface area contributed by atoms with Gasteiger partial charge in [0.05, 0.1) is 6.61 Å². The Morgan fingerprint density at radius 2 is 1.86 bits per heavy atom. The molecule has 0 saturated carbocycles. The Kier molecular flexibility index (Phi) is 7.38. The molecule has 1 aromatic heterocycles. The van der Waals surface area contributed by atoms with Crippen molar-refractivity contribution >= 4 is 11.5 Å². The molecule has 0 amide bonds. The van der Waals surface area contributed by atoms with E-state index in [4.69, 9.17) is 15.2 Å². The summed E-state index contributed by atoms with van der Waals surface area (Å²) in [7, 11) is 1.63. The number of hydrogen-bond donors (Lipinski definition) is 2. The molecule has 0 aromatic carbocycles. The molecule has 0 aliphatic rings. The quantitative estimate of drug-likeness (QED) is 0.682. The van der Waals surface area contributed by atoms with Gasteiger partial charge in [0.1, 0.15) is 18.1 Å². The van der Waals surface area contributed by atoms with Crippen LogP contribution in [0.3, 0.4) is 0 Å². The lowest BCUT2D eigenvalue weighted by Gasteiger charge is -2.20. The maximum atomic E-state index is 6.14. The molecule has 0 atom stereocenters. The first-order chi connectivity index (χ1) is 10.4. The van der Waals surface area contributed by atoms with Crippen LogP contribution in [0, 0.1) is 0 Å². The number of nitrogen functional groups attached to an aromatic ring is 1. The summed E-state index contributed by atoms with van der Waals surface area (Å²) in [5.41, 5.74) is 6.42. The normalized spacial score (nSPS) is 11.5. The fourth-order valence-corrected chi connectivity index (χ4v) is 1.83. The lowest BCUT2D eigenvalue weighted by Crippen LogP contribution is -2.20. The van der Waals surface area contributed by atoms with Crippen molar-refractivity contribution in [3.63, 3.8) is 0 Å². The maximum absolute atomic E-state index is 6.14. The average molecular weight is 310 g/mol. The fourth-order valence-electron chi connectivity index (χ4n) is 1.83. The van der Waals surface area contributed by atoms with Gasteiger partial charge in [-0.1, -0.05) is 40.5 Å². The van der Waals surface area contributed by atoms with Crippen molar-refractivity contribution in [1.29, 1.82) is 0 Å². The minimum Gasteiger partial charge on any atom is -0.474 e. The molecule has 1 aromatic rings. The van der Waals surface area contributed by atoms with Gasteiger partial charge in [0.25, 0.3) is 0 Å². The number of ether oxygens (including phenoxy) is 2. The number of nitrogens with one attached hydrogen (secondary N) is 1. The summed E-state index contributed by atoms with van der Waals surface area (Å²) in [6.07, 6.45) is 3.45. The van der Waals surface area contributed by atoms with Gasteiger partial charge in [0.15, 0.2) is 5.82 Å². The predicted octanol–water partition coefficient (Wildman–Crippen LogP) is 2.98. The molecule has 6 heteroatoms. The molecular weight excluding hydrogens is 280 g/mol. The van der Waals surface area contributed by atoms with E-state index in [0.717, 1.165) is 13.0 Å². The van der Waals surface area contributed by atoms with Crippen LogP contribution in [0.25, 0.3) is 0 Å². The molecule has 0 spiro atoms. The first kappa shape index (κ1) is 18.5. The summed E-state index contributed by atoms with van der Waals surface area (Å²) >= 11 is 0. The van der Waals surface area contributed by atoms with Gasteiger partial charge in [0.2, 0.25) is 5.88 Å². The van der Waals surface area contributed by atoms with E-state index < -0.39 is 0 Å². The van der Waals surface area contributed by atoms with Gasteiger partial charge in [-0.3, -0.25) is 0 Å². The van der Waals surface area contributed by atoms with Crippen molar-refractivity contribution in [2.75, 3.05) is 37.9 Å². The van der Waals surface area contributed by atoms with Gasteiger partial charge in [0, 0.05) is 19.1 Å². The van der Waals surface area contributed by atoms with E-state index in [-0.39, 0.29) is 5.41 Å². The van der Waals surface area contributed by atoms with E-state index in [2.05, 4.69) is 43.0 Å². The van der Waals surface area contributed by atoms with Crippen molar-refractivity contribution in [2.45, 2.75) is 52.4 Å². The number of nitrogens with zero attached hydrogens (tertiary/aromatic N) is 2. The maximum Gasteiger partial charge on any atom is 0.242 e. The molecule has 0 aliphatic carbocycles. The van der Waals surface area contributed by atoms with E-state index >= 15 is 0 Å². The van der Waals surface area contributed by atoms with Crippen LogP contribution in [0.1, 0.15) is 52.8 Å². The first-order valence-electron chi connectivity index (χ1n) is 7.93. The highest BCUT2D eigenvalue weighted by Crippen LogP contribution is 2.30. The third-order valence-corrected chi connectivity index (χ3v) is 3.18. The molecule has 126 valence electrons. The number of methoxy groups -OCH3 is 1. The van der Waals surface area contributed by atoms with E-state index in [9.17, 15) is 0 Å². The van der Waals surface area contributed by atoms with E-state index in [1.807, 2.05) is 0 Å². The van der Waals surface area contributed by atoms with Crippen LogP contribution < -0.4 is 15.8 Å². The smallest absolute Gasteiger partial charge is 0.242 e. The van der Waals surface area contributed by atoms with Crippen LogP contribution in [-0.4, -0.2) is 36.8 Å². The van der Waals surface area contributed by atoms with Gasteiger partial charge in [-0.15, -0.1) is 0 Å². The Morgan fingerprint density at radius 1 is 1.14 bits per heavy atom. The third kappa shape index (κ3) is 5.67. The molecule has 0 bridgehead atoms. The predicted molar refractivity (Wildman–Crippen MR) is 90.5 cm³/mol. The molecule has 1 heterocycles. The summed E-state index contributed by atoms with van der Waals surface area (Å²) < 4.78 is 10.6. The summed E-state index contributed by atoms with van der Waals surface area (Å²) in [4.78, 5) is 9.04. The second kappa shape index (κ2) is 8.78. The van der Waals surface area contributed by atoms with Gasteiger partial charge >= 0.3 is 0 Å². The monoisotopic (exact) mass is 310 g/mol. The Labute approximate surface area is 133 Å². The summed E-state index contributed by atoms with van der Waals surface area (Å²) in [5, 5.41) is 3.30. The largest absolute Gasteiger partial charge is 0.474 e. The molecule has 22 heavy (non-hydrogen) atoms. The highest BCUT2D eigenvalue weighted by atomic mass is 16.5. The molecule has 0 fully saturated rings. The molecular formula is C16H30N4O2. The Morgan fingerprint density at radius 3 is 2.45 bits per heavy atom. The zero-order valence-corrected chi connectivity index (χ0v) is 14.5. The van der Waals surface area contributed by atoms with Crippen molar-refractivity contribution in [2.24, 2.45) is 0 Å². The number of nitrogens with two attached hydrogens (primary N) is 1. The van der Waals surface area contributed by atoms with Crippen LogP contribution in [-0.2, 0) is 10.2 Å². The van der Waals surface area contributed by atoms with Crippen molar-refractivity contribution in [3.05, 3.63) is 5.82 Å². The molecule has 3 N–H and O–H groups in total. The van der Waals surface area contributed by atoms with Crippen LogP contribution in [0.2, 0.25) is 0 Å². The Balaban J connectivity index is 2.94. The number of rotatable bonds is 9. The lowest BCUT2D eigenvalue weighted by atomic mass is 9.96. The molecule has 1 rings (SSSR count). The van der Waals surface area contributed by atoms with Gasteiger partial charge in [-0.2, -0.15) is 4.98 Å². The molecule has 0 saturated heterocycles. The zero-order chi connectivity index (χ0) is 16.6. The lowest BCUT2D eigenvalue weighted by molar-refractivity contribution is 0.144. The second-order valence-corrected chi connectivity index (χ2v) is 6.34. The van der Waals surface area contributed by atoms with Crippen molar-refractivity contribution in [3.8, 4) is 5.88 Å².